The van der Waals surface area contributed by atoms with Crippen molar-refractivity contribution in [1.82, 2.24) is 0 Å². The van der Waals surface area contributed by atoms with Crippen LogP contribution in [0.2, 0.25) is 0 Å². The van der Waals surface area contributed by atoms with Crippen LogP contribution in [0, 0.1) is 5.92 Å². The Balaban J connectivity index is 3.13. The van der Waals surface area contributed by atoms with Crippen molar-refractivity contribution in [2.45, 2.75) is 13.8 Å². The van der Waals surface area contributed by atoms with E-state index >= 15 is 0 Å². The zero-order valence-corrected chi connectivity index (χ0v) is 5.48. The molecule has 0 aliphatic heterocycles. The molecule has 0 spiro atoms. The van der Waals surface area contributed by atoms with Crippen molar-refractivity contribution in [3.8, 4) is 0 Å². The molecule has 0 bridgehead atoms. The van der Waals surface area contributed by atoms with Gasteiger partial charge in [0.15, 0.2) is 6.16 Å². The normalized spacial score (nSPS) is 12.3. The Bertz CT molecular complexity index is 70.1. The highest BCUT2D eigenvalue weighted by Crippen LogP contribution is 2.16. The summed E-state index contributed by atoms with van der Waals surface area (Å²) >= 11 is 0. The number of hydrogen-bond donors (Lipinski definition) is 1. The van der Waals surface area contributed by atoms with Crippen LogP contribution in [0.4, 0.5) is 0 Å². The highest BCUT2D eigenvalue weighted by molar-refractivity contribution is 7.37. The third-order valence-corrected chi connectivity index (χ3v) is 1.56. The Morgan fingerprint density at radius 1 is 1.71 bits per heavy atom. The topological polar surface area (TPSA) is 37.3 Å². The third kappa shape index (κ3) is 6.06. The van der Waals surface area contributed by atoms with Gasteiger partial charge in [0.1, 0.15) is 0 Å². The Hall–Kier alpha value is 0.0600. The molecule has 0 heterocycles. The summed E-state index contributed by atoms with van der Waals surface area (Å²) in [5.41, 5.74) is 0. The Morgan fingerprint density at radius 2 is 2.14 bits per heavy atom. The van der Waals surface area contributed by atoms with E-state index < -0.39 is 8.03 Å². The SMILES string of the molecule is CC(C)C[P+](=O)O. The predicted octanol–water partition coefficient (Wildman–Crippen LogP) is 1.38. The molecule has 2 nitrogen and oxygen atoms in total. The Labute approximate surface area is 44.4 Å². The fourth-order valence-corrected chi connectivity index (χ4v) is 0.937. The molecule has 0 aliphatic rings. The Kier molecular flexibility index (Phi) is 3.14. The van der Waals surface area contributed by atoms with E-state index in [1.54, 1.807) is 0 Å². The van der Waals surface area contributed by atoms with Crippen molar-refractivity contribution in [2.24, 2.45) is 5.92 Å². The van der Waals surface area contributed by atoms with Gasteiger partial charge >= 0.3 is 8.03 Å². The lowest BCUT2D eigenvalue weighted by Gasteiger charge is -1.85. The van der Waals surface area contributed by atoms with Gasteiger partial charge < -0.3 is 0 Å². The average Bonchev–Trinajstić information content (AvgIpc) is 1.27. The molecule has 1 N–H and O–H groups in total. The van der Waals surface area contributed by atoms with Crippen molar-refractivity contribution in [3.63, 3.8) is 0 Å². The molecule has 0 rings (SSSR count). The minimum absolute atomic E-state index is 0.341. The van der Waals surface area contributed by atoms with Crippen LogP contribution in [-0.4, -0.2) is 11.1 Å². The second-order valence-electron chi connectivity index (χ2n) is 1.93. The summed E-state index contributed by atoms with van der Waals surface area (Å²) in [5.74, 6) is 0.341. The first-order valence-electron chi connectivity index (χ1n) is 2.26. The molecular weight excluding hydrogens is 111 g/mol. The van der Waals surface area contributed by atoms with E-state index in [-0.39, 0.29) is 0 Å². The zero-order chi connectivity index (χ0) is 5.86. The summed E-state index contributed by atoms with van der Waals surface area (Å²) in [6.45, 7) is 3.84. The van der Waals surface area contributed by atoms with E-state index in [0.29, 0.717) is 12.1 Å². The molecule has 0 aromatic carbocycles. The lowest BCUT2D eigenvalue weighted by molar-refractivity contribution is 0.494. The van der Waals surface area contributed by atoms with Gasteiger partial charge in [-0.05, 0) is 4.57 Å². The van der Waals surface area contributed by atoms with Crippen LogP contribution in [0.25, 0.3) is 0 Å². The standard InChI is InChI=1S/C4H9O2P/c1-4(2)3-7(5)6/h4H,3H2,1-2H3/p+1. The molecule has 0 aromatic heterocycles. The molecule has 0 aliphatic carbocycles. The van der Waals surface area contributed by atoms with E-state index in [9.17, 15) is 4.57 Å². The molecule has 0 aromatic rings. The van der Waals surface area contributed by atoms with Crippen molar-refractivity contribution in [3.05, 3.63) is 0 Å². The molecule has 1 atom stereocenters. The summed E-state index contributed by atoms with van der Waals surface area (Å²) < 4.78 is 9.96. The van der Waals surface area contributed by atoms with Gasteiger partial charge in [-0.25, -0.2) is 0 Å². The first-order chi connectivity index (χ1) is 3.13. The quantitative estimate of drug-likeness (QED) is 0.560. The highest BCUT2D eigenvalue weighted by atomic mass is 31.1. The van der Waals surface area contributed by atoms with Crippen LogP contribution in [0.1, 0.15) is 13.8 Å². The van der Waals surface area contributed by atoms with Crippen LogP contribution in [0.5, 0.6) is 0 Å². The molecule has 0 saturated carbocycles. The van der Waals surface area contributed by atoms with Crippen molar-refractivity contribution in [2.75, 3.05) is 6.16 Å². The van der Waals surface area contributed by atoms with Crippen LogP contribution in [0.3, 0.4) is 0 Å². The van der Waals surface area contributed by atoms with E-state index in [1.165, 1.54) is 0 Å². The monoisotopic (exact) mass is 121 g/mol. The van der Waals surface area contributed by atoms with E-state index in [2.05, 4.69) is 0 Å². The van der Waals surface area contributed by atoms with Gasteiger partial charge in [-0.3, -0.25) is 0 Å². The molecule has 0 radical (unpaired) electrons. The maximum atomic E-state index is 9.96. The van der Waals surface area contributed by atoms with Gasteiger partial charge in [0.25, 0.3) is 0 Å². The molecule has 7 heavy (non-hydrogen) atoms. The summed E-state index contributed by atoms with van der Waals surface area (Å²) in [6, 6.07) is 0. The number of hydrogen-bond acceptors (Lipinski definition) is 1. The molecule has 42 valence electrons. The minimum Gasteiger partial charge on any atom is -0.161 e. The van der Waals surface area contributed by atoms with Crippen LogP contribution < -0.4 is 0 Å². The third-order valence-electron chi connectivity index (χ3n) is 0.521. The van der Waals surface area contributed by atoms with Gasteiger partial charge in [0, 0.05) is 5.92 Å². The summed E-state index contributed by atoms with van der Waals surface area (Å²) in [5, 5.41) is 0. The first kappa shape index (κ1) is 7.06. The predicted molar refractivity (Wildman–Crippen MR) is 29.5 cm³/mol. The molecular formula is C4H10O2P+. The van der Waals surface area contributed by atoms with Crippen molar-refractivity contribution < 1.29 is 9.46 Å². The maximum absolute atomic E-state index is 9.96. The smallest absolute Gasteiger partial charge is 0.161 e. The van der Waals surface area contributed by atoms with E-state index in [4.69, 9.17) is 4.89 Å². The van der Waals surface area contributed by atoms with Crippen molar-refractivity contribution in [1.29, 1.82) is 0 Å². The van der Waals surface area contributed by atoms with Crippen molar-refractivity contribution >= 4 is 8.03 Å². The molecule has 3 heteroatoms. The fourth-order valence-electron chi connectivity index (χ4n) is 0.312. The maximum Gasteiger partial charge on any atom is 0.505 e. The minimum atomic E-state index is -1.89. The second kappa shape index (κ2) is 3.11. The summed E-state index contributed by atoms with van der Waals surface area (Å²) in [6.07, 6.45) is 0.426. The highest BCUT2D eigenvalue weighted by Gasteiger charge is 2.11. The van der Waals surface area contributed by atoms with Gasteiger partial charge in [-0.1, -0.05) is 13.8 Å². The lowest BCUT2D eigenvalue weighted by atomic mass is 10.3. The molecule has 0 saturated heterocycles. The molecule has 0 fully saturated rings. The van der Waals surface area contributed by atoms with Crippen LogP contribution in [-0.2, 0) is 4.57 Å². The zero-order valence-electron chi connectivity index (χ0n) is 4.59. The van der Waals surface area contributed by atoms with Crippen LogP contribution >= 0.6 is 8.03 Å². The number of rotatable bonds is 2. The summed E-state index contributed by atoms with van der Waals surface area (Å²) in [7, 11) is -1.89. The lowest BCUT2D eigenvalue weighted by Crippen LogP contribution is -1.88. The molecule has 0 amide bonds. The van der Waals surface area contributed by atoms with Crippen LogP contribution in [0.15, 0.2) is 0 Å². The van der Waals surface area contributed by atoms with Gasteiger partial charge in [0.2, 0.25) is 0 Å². The second-order valence-corrected chi connectivity index (χ2v) is 3.00. The fraction of sp³-hybridized carbons (Fsp3) is 1.00. The Morgan fingerprint density at radius 3 is 2.14 bits per heavy atom. The van der Waals surface area contributed by atoms with Gasteiger partial charge in [0.05, 0.1) is 0 Å². The summed E-state index contributed by atoms with van der Waals surface area (Å²) in [4.78, 5) is 8.23. The largest absolute Gasteiger partial charge is 0.505 e. The van der Waals surface area contributed by atoms with E-state index in [1.807, 2.05) is 13.8 Å². The first-order valence-corrected chi connectivity index (χ1v) is 3.66. The molecule has 1 unspecified atom stereocenters. The van der Waals surface area contributed by atoms with E-state index in [0.717, 1.165) is 0 Å². The van der Waals surface area contributed by atoms with Gasteiger partial charge in [-0.15, -0.1) is 0 Å². The average molecular weight is 121 g/mol. The van der Waals surface area contributed by atoms with Gasteiger partial charge in [-0.2, -0.15) is 4.89 Å².